The van der Waals surface area contributed by atoms with Crippen molar-refractivity contribution in [1.29, 1.82) is 0 Å². The molecule has 5 rings (SSSR count). The van der Waals surface area contributed by atoms with Crippen molar-refractivity contribution in [3.63, 3.8) is 0 Å². The van der Waals surface area contributed by atoms with Gasteiger partial charge >= 0.3 is 0 Å². The molecule has 0 radical (unpaired) electrons. The molecule has 27 heteroatoms. The highest BCUT2D eigenvalue weighted by molar-refractivity contribution is 6.00. The Balaban J connectivity index is 1.71. The summed E-state index contributed by atoms with van der Waals surface area (Å²) in [6.45, 7) is 19.7. The van der Waals surface area contributed by atoms with Gasteiger partial charge in [0.25, 0.3) is 0 Å². The standard InChI is InChI=1S/C81H123N13O14/c1-20-53(8)69-80(107)92(18)64(45-52(6)7)77(104)91(17)65(47-58-35-27-22-28-36-58)78(105)89(15)61(43-50(2)3)73(100)83-60(76(103)88(14)63(46-57-33-25-21-26-34-57)72(99)82-54(9)75(102)94-40-31-24-32-41-94)49-68(97)86(12)42-39-67(96)87(13)55(10)71(98)85-70(56(11)95)81(108)93(19)66(48-59-37-29-23-30-38-59)79(106)90(16)62(44-51(4)5)74(101)84-69/h21-23,25-30,33-38,50-56,60-66,69-70,95H,20,24,31-32,39-49H2,1-19H3,(H,82,99)(H,83,100)(H,84,101)(H,85,98)/t53-,54-,55-,56+,60-,61-,62-,63-,64-,65-,66-,69-,70-/m0/s1. The van der Waals surface area contributed by atoms with Crippen molar-refractivity contribution in [1.82, 2.24) is 65.4 Å². The summed E-state index contributed by atoms with van der Waals surface area (Å²) < 4.78 is 0. The van der Waals surface area contributed by atoms with E-state index < -0.39 is 162 Å². The predicted molar refractivity (Wildman–Crippen MR) is 412 cm³/mol. The van der Waals surface area contributed by atoms with Crippen molar-refractivity contribution in [2.24, 2.45) is 23.7 Å². The predicted octanol–water partition coefficient (Wildman–Crippen LogP) is 4.31. The number of piperidine rings is 1. The summed E-state index contributed by atoms with van der Waals surface area (Å²) in [6.07, 6.45) is 0.152. The molecule has 5 N–H and O–H groups in total. The molecule has 108 heavy (non-hydrogen) atoms. The highest BCUT2D eigenvalue weighted by Gasteiger charge is 2.45. The molecule has 2 heterocycles. The van der Waals surface area contributed by atoms with Gasteiger partial charge in [-0.2, -0.15) is 0 Å². The third-order valence-electron chi connectivity index (χ3n) is 21.2. The number of carbonyl (C=O) groups excluding carboxylic acids is 13. The van der Waals surface area contributed by atoms with Crippen LogP contribution in [0, 0.1) is 23.7 Å². The summed E-state index contributed by atoms with van der Waals surface area (Å²) in [7, 11) is 11.2. The van der Waals surface area contributed by atoms with E-state index in [1.807, 2.05) is 48.5 Å². The Hall–Kier alpha value is -9.27. The molecule has 2 saturated heterocycles. The normalized spacial score (nSPS) is 23.9. The Bertz CT molecular complexity index is 3540. The average Bonchev–Trinajstić information content (AvgIpc) is 0.804. The number of rotatable bonds is 20. The molecule has 2 aliphatic rings. The highest BCUT2D eigenvalue weighted by Crippen LogP contribution is 2.26. The Morgan fingerprint density at radius 2 is 0.907 bits per heavy atom. The quantitative estimate of drug-likeness (QED) is 0.105. The number of likely N-dealkylation sites (N-methyl/N-ethyl adjacent to an activating group) is 7. The van der Waals surface area contributed by atoms with Crippen molar-refractivity contribution in [2.45, 2.75) is 226 Å². The number of hydrogen-bond donors (Lipinski definition) is 5. The largest absolute Gasteiger partial charge is 0.391 e. The van der Waals surface area contributed by atoms with Gasteiger partial charge in [0.1, 0.15) is 66.5 Å². The molecule has 0 aromatic heterocycles. The van der Waals surface area contributed by atoms with E-state index in [4.69, 9.17) is 0 Å². The number of benzene rings is 3. The fraction of sp³-hybridized carbons (Fsp3) is 0.617. The van der Waals surface area contributed by atoms with Gasteiger partial charge < -0.3 is 70.5 Å². The first kappa shape index (κ1) is 89.4. The van der Waals surface area contributed by atoms with Crippen molar-refractivity contribution in [2.75, 3.05) is 76.0 Å². The van der Waals surface area contributed by atoms with E-state index in [-0.39, 0.29) is 68.7 Å². The summed E-state index contributed by atoms with van der Waals surface area (Å²) in [4.78, 5) is 207. The molecule has 0 bridgehead atoms. The maximum absolute atomic E-state index is 15.8. The van der Waals surface area contributed by atoms with E-state index in [2.05, 4.69) is 21.3 Å². The van der Waals surface area contributed by atoms with Gasteiger partial charge in [-0.1, -0.05) is 153 Å². The molecule has 0 unspecified atom stereocenters. The van der Waals surface area contributed by atoms with Crippen LogP contribution in [0.4, 0.5) is 0 Å². The van der Waals surface area contributed by atoms with Crippen LogP contribution in [0.25, 0.3) is 0 Å². The zero-order chi connectivity index (χ0) is 80.7. The lowest BCUT2D eigenvalue weighted by Crippen LogP contribution is -2.63. The third kappa shape index (κ3) is 24.6. The molecule has 13 atom stereocenters. The van der Waals surface area contributed by atoms with Gasteiger partial charge in [-0.15, -0.1) is 0 Å². The van der Waals surface area contributed by atoms with Gasteiger partial charge in [0.05, 0.1) is 12.5 Å². The Labute approximate surface area is 639 Å². The molecule has 2 fully saturated rings. The molecular weight excluding hydrogens is 1380 g/mol. The van der Waals surface area contributed by atoms with E-state index in [0.717, 1.165) is 38.9 Å². The molecule has 3 aromatic carbocycles. The van der Waals surface area contributed by atoms with Crippen molar-refractivity contribution < 1.29 is 67.4 Å². The van der Waals surface area contributed by atoms with Gasteiger partial charge in [0.15, 0.2) is 0 Å². The number of aliphatic hydroxyl groups excluding tert-OH is 1. The molecule has 27 nitrogen and oxygen atoms in total. The minimum atomic E-state index is -1.76. The van der Waals surface area contributed by atoms with Crippen LogP contribution in [0.2, 0.25) is 0 Å². The summed E-state index contributed by atoms with van der Waals surface area (Å²) in [5.74, 6) is -10.6. The lowest BCUT2D eigenvalue weighted by molar-refractivity contribution is -0.154. The van der Waals surface area contributed by atoms with Gasteiger partial charge in [-0.3, -0.25) is 62.3 Å². The van der Waals surface area contributed by atoms with Gasteiger partial charge in [-0.25, -0.2) is 0 Å². The van der Waals surface area contributed by atoms with E-state index in [1.54, 1.807) is 110 Å². The fourth-order valence-corrected chi connectivity index (χ4v) is 13.8. The number of nitrogens with zero attached hydrogens (tertiary/aromatic N) is 9. The molecular formula is C81H123N13O14. The minimum Gasteiger partial charge on any atom is -0.391 e. The van der Waals surface area contributed by atoms with Crippen LogP contribution in [0.1, 0.15) is 151 Å². The van der Waals surface area contributed by atoms with E-state index in [1.165, 1.54) is 89.8 Å². The Morgan fingerprint density at radius 1 is 0.500 bits per heavy atom. The van der Waals surface area contributed by atoms with Crippen LogP contribution in [0.15, 0.2) is 91.0 Å². The number of likely N-dealkylation sites (tertiary alicyclic amines) is 1. The van der Waals surface area contributed by atoms with Crippen molar-refractivity contribution in [3.8, 4) is 0 Å². The first-order valence-corrected chi connectivity index (χ1v) is 38.2. The lowest BCUT2D eigenvalue weighted by Gasteiger charge is -2.40. The van der Waals surface area contributed by atoms with Gasteiger partial charge in [0.2, 0.25) is 76.8 Å². The molecule has 0 aliphatic carbocycles. The van der Waals surface area contributed by atoms with Crippen LogP contribution in [-0.4, -0.2) is 275 Å². The van der Waals surface area contributed by atoms with E-state index in [9.17, 15) is 33.9 Å². The molecule has 0 saturated carbocycles. The lowest BCUT2D eigenvalue weighted by atomic mass is 9.93. The number of hydrogen-bond acceptors (Lipinski definition) is 14. The van der Waals surface area contributed by atoms with Crippen LogP contribution in [0.3, 0.4) is 0 Å². The van der Waals surface area contributed by atoms with Crippen molar-refractivity contribution >= 4 is 76.8 Å². The molecule has 596 valence electrons. The van der Waals surface area contributed by atoms with Crippen LogP contribution in [-0.2, 0) is 81.6 Å². The fourth-order valence-electron chi connectivity index (χ4n) is 13.8. The second-order valence-corrected chi connectivity index (χ2v) is 31.0. The summed E-state index contributed by atoms with van der Waals surface area (Å²) in [5.41, 5.74) is 1.90. The summed E-state index contributed by atoms with van der Waals surface area (Å²) in [5, 5.41) is 22.6. The smallest absolute Gasteiger partial charge is 0.248 e. The summed E-state index contributed by atoms with van der Waals surface area (Å²) in [6, 6.07) is 11.6. The Kier molecular flexibility index (Phi) is 34.7. The molecule has 3 aromatic rings. The van der Waals surface area contributed by atoms with Gasteiger partial charge in [-0.05, 0) is 99.7 Å². The van der Waals surface area contributed by atoms with Crippen molar-refractivity contribution in [3.05, 3.63) is 108 Å². The summed E-state index contributed by atoms with van der Waals surface area (Å²) >= 11 is 0. The monoisotopic (exact) mass is 1500 g/mol. The zero-order valence-electron chi connectivity index (χ0n) is 67.3. The number of amides is 13. The number of aliphatic hydroxyl groups is 1. The first-order valence-electron chi connectivity index (χ1n) is 38.2. The van der Waals surface area contributed by atoms with E-state index in [0.29, 0.717) is 36.2 Å². The molecule has 13 amide bonds. The zero-order valence-corrected chi connectivity index (χ0v) is 67.3. The SMILES string of the molecule is CC[C@H](C)[C@@H]1NC(=O)[C@H](CC(C)C)N(C)C(=O)[C@H](Cc2ccccc2)N(C)C(=O)[C@H]([C@@H](C)O)NC(=O)[C@H](C)N(C)C(=O)CCN(C)C(=O)C[C@@H](C(=O)N(C)[C@@H](Cc2ccccc2)C(=O)N[C@@H](C)C(=O)N2CCCCC2)NC(=O)[C@H](CC(C)C)N(C)C(=O)[C@H](Cc2ccccc2)N(C)C(=O)[C@H](CC(C)C)N(C)C1=O. The van der Waals surface area contributed by atoms with Crippen LogP contribution >= 0.6 is 0 Å². The number of nitrogens with one attached hydrogen (secondary N) is 4. The maximum Gasteiger partial charge on any atom is 0.248 e. The first-order chi connectivity index (χ1) is 50.8. The molecule has 2 aliphatic heterocycles. The van der Waals surface area contributed by atoms with Crippen LogP contribution < -0.4 is 21.3 Å². The van der Waals surface area contributed by atoms with Crippen LogP contribution in [0.5, 0.6) is 0 Å². The minimum absolute atomic E-state index is 0.0122. The second-order valence-electron chi connectivity index (χ2n) is 31.0. The van der Waals surface area contributed by atoms with E-state index >= 15 is 33.6 Å². The highest BCUT2D eigenvalue weighted by atomic mass is 16.3. The number of carbonyl (C=O) groups is 13. The van der Waals surface area contributed by atoms with Gasteiger partial charge in [0, 0.05) is 102 Å². The molecule has 0 spiro atoms. The second kappa shape index (κ2) is 41.9. The maximum atomic E-state index is 15.8. The average molecular weight is 1500 g/mol. The Morgan fingerprint density at radius 3 is 1.37 bits per heavy atom. The topological polar surface area (TPSA) is 319 Å². The third-order valence-corrected chi connectivity index (χ3v) is 21.2.